The molecule has 1 atom stereocenters. The fourth-order valence-corrected chi connectivity index (χ4v) is 1.37. The lowest BCUT2D eigenvalue weighted by atomic mass is 10.1. The predicted octanol–water partition coefficient (Wildman–Crippen LogP) is 0.611. The highest BCUT2D eigenvalue weighted by Gasteiger charge is 2.18. The number of anilines is 1. The van der Waals surface area contributed by atoms with E-state index in [9.17, 15) is 9.90 Å². The van der Waals surface area contributed by atoms with E-state index in [4.69, 9.17) is 16.7 Å². The predicted molar refractivity (Wildman–Crippen MR) is 70.7 cm³/mol. The maximum Gasteiger partial charge on any atom is 0.238 e. The summed E-state index contributed by atoms with van der Waals surface area (Å²) >= 11 is 5.72. The average Bonchev–Trinajstić information content (AvgIpc) is 2.32. The van der Waals surface area contributed by atoms with Crippen molar-refractivity contribution < 1.29 is 15.0 Å². The molecule has 0 aliphatic carbocycles. The average molecular weight is 273 g/mol. The highest BCUT2D eigenvalue weighted by atomic mass is 35.5. The van der Waals surface area contributed by atoms with Gasteiger partial charge in [0.2, 0.25) is 5.91 Å². The number of aliphatic hydroxyl groups excluding tert-OH is 1. The quantitative estimate of drug-likeness (QED) is 0.612. The minimum Gasteiger partial charge on any atom is -0.393 e. The van der Waals surface area contributed by atoms with Crippen molar-refractivity contribution in [3.8, 4) is 0 Å². The zero-order valence-electron chi connectivity index (χ0n) is 10.1. The first-order valence-electron chi connectivity index (χ1n) is 5.52. The van der Waals surface area contributed by atoms with Crippen molar-refractivity contribution in [3.63, 3.8) is 0 Å². The van der Waals surface area contributed by atoms with Crippen LogP contribution in [0.15, 0.2) is 24.3 Å². The fourth-order valence-electron chi connectivity index (χ4n) is 1.24. The first-order valence-corrected chi connectivity index (χ1v) is 5.90. The molecule has 0 saturated heterocycles. The second-order valence-corrected chi connectivity index (χ2v) is 4.75. The highest BCUT2D eigenvalue weighted by Crippen LogP contribution is 2.12. The van der Waals surface area contributed by atoms with Gasteiger partial charge in [-0.1, -0.05) is 11.6 Å². The third-order valence-electron chi connectivity index (χ3n) is 2.26. The van der Waals surface area contributed by atoms with Crippen LogP contribution in [0, 0.1) is 0 Å². The van der Waals surface area contributed by atoms with Crippen LogP contribution in [0.25, 0.3) is 0 Å². The van der Waals surface area contributed by atoms with E-state index in [-0.39, 0.29) is 25.6 Å². The Balaban J connectivity index is 2.32. The van der Waals surface area contributed by atoms with Gasteiger partial charge in [-0.3, -0.25) is 4.79 Å². The largest absolute Gasteiger partial charge is 0.393 e. The maximum absolute atomic E-state index is 11.5. The minimum absolute atomic E-state index is 0.0543. The Morgan fingerprint density at radius 2 is 2.00 bits per heavy atom. The highest BCUT2D eigenvalue weighted by molar-refractivity contribution is 6.30. The van der Waals surface area contributed by atoms with E-state index in [2.05, 4.69) is 10.6 Å². The monoisotopic (exact) mass is 272 g/mol. The van der Waals surface area contributed by atoms with E-state index in [1.54, 1.807) is 24.3 Å². The molecule has 0 saturated carbocycles. The molecule has 1 amide bonds. The Morgan fingerprint density at radius 3 is 2.56 bits per heavy atom. The molecule has 5 nitrogen and oxygen atoms in total. The Bertz CT molecular complexity index is 393. The van der Waals surface area contributed by atoms with Crippen LogP contribution in [0.4, 0.5) is 5.69 Å². The summed E-state index contributed by atoms with van der Waals surface area (Å²) in [5.41, 5.74) is -0.569. The molecule has 0 aromatic heterocycles. The molecular formula is C12H17ClN2O3. The molecular weight excluding hydrogens is 256 g/mol. The van der Waals surface area contributed by atoms with Crippen LogP contribution in [0.2, 0.25) is 5.02 Å². The fraction of sp³-hybridized carbons (Fsp3) is 0.417. The molecule has 0 aliphatic rings. The van der Waals surface area contributed by atoms with Gasteiger partial charge in [-0.05, 0) is 31.2 Å². The molecule has 0 heterocycles. The standard InChI is InChI=1S/C12H17ClN2O3/c1-12(18,8-16)7-14-6-11(17)15-10-4-2-9(13)3-5-10/h2-5,14,16,18H,6-8H2,1H3,(H,15,17). The number of benzene rings is 1. The first kappa shape index (κ1) is 14.9. The van der Waals surface area contributed by atoms with Gasteiger partial charge in [0.05, 0.1) is 18.8 Å². The number of rotatable bonds is 6. The van der Waals surface area contributed by atoms with Crippen molar-refractivity contribution in [2.24, 2.45) is 0 Å². The van der Waals surface area contributed by atoms with Crippen molar-refractivity contribution in [3.05, 3.63) is 29.3 Å². The maximum atomic E-state index is 11.5. The number of carbonyl (C=O) groups excluding carboxylic acids is 1. The molecule has 1 rings (SSSR count). The topological polar surface area (TPSA) is 81.6 Å². The summed E-state index contributed by atoms with van der Waals surface area (Å²) in [6.45, 7) is 1.31. The second kappa shape index (κ2) is 6.70. The Kier molecular flexibility index (Phi) is 5.55. The van der Waals surface area contributed by atoms with E-state index < -0.39 is 5.60 Å². The van der Waals surface area contributed by atoms with Gasteiger partial charge in [0.1, 0.15) is 0 Å². The van der Waals surface area contributed by atoms with Gasteiger partial charge in [-0.2, -0.15) is 0 Å². The van der Waals surface area contributed by atoms with E-state index in [0.29, 0.717) is 10.7 Å². The van der Waals surface area contributed by atoms with Crippen LogP contribution in [0.5, 0.6) is 0 Å². The molecule has 6 heteroatoms. The zero-order valence-corrected chi connectivity index (χ0v) is 10.9. The molecule has 0 aliphatic heterocycles. The van der Waals surface area contributed by atoms with Crippen LogP contribution >= 0.6 is 11.6 Å². The normalized spacial score (nSPS) is 14.0. The van der Waals surface area contributed by atoms with Gasteiger partial charge in [0, 0.05) is 17.3 Å². The summed E-state index contributed by atoms with van der Waals surface area (Å²) in [5, 5.41) is 24.3. The zero-order chi connectivity index (χ0) is 13.6. The Hall–Kier alpha value is -1.14. The lowest BCUT2D eigenvalue weighted by Gasteiger charge is -2.20. The van der Waals surface area contributed by atoms with Gasteiger partial charge in [-0.15, -0.1) is 0 Å². The number of amides is 1. The van der Waals surface area contributed by atoms with E-state index >= 15 is 0 Å². The molecule has 1 unspecified atom stereocenters. The summed E-state index contributed by atoms with van der Waals surface area (Å²) in [5.74, 6) is -0.230. The van der Waals surface area contributed by atoms with Crippen molar-refractivity contribution in [1.82, 2.24) is 5.32 Å². The van der Waals surface area contributed by atoms with Crippen molar-refractivity contribution in [2.45, 2.75) is 12.5 Å². The molecule has 0 radical (unpaired) electrons. The number of aliphatic hydroxyl groups is 2. The van der Waals surface area contributed by atoms with E-state index in [1.165, 1.54) is 6.92 Å². The lowest BCUT2D eigenvalue weighted by Crippen LogP contribution is -2.43. The summed E-state index contributed by atoms with van der Waals surface area (Å²) in [4.78, 5) is 11.5. The lowest BCUT2D eigenvalue weighted by molar-refractivity contribution is -0.115. The molecule has 0 fully saturated rings. The Morgan fingerprint density at radius 1 is 1.39 bits per heavy atom. The number of carbonyl (C=O) groups is 1. The summed E-state index contributed by atoms with van der Waals surface area (Å²) in [6, 6.07) is 6.76. The van der Waals surface area contributed by atoms with E-state index in [0.717, 1.165) is 0 Å². The number of hydrogen-bond acceptors (Lipinski definition) is 4. The molecule has 100 valence electrons. The smallest absolute Gasteiger partial charge is 0.238 e. The van der Waals surface area contributed by atoms with Gasteiger partial charge < -0.3 is 20.8 Å². The van der Waals surface area contributed by atoms with Crippen molar-refractivity contribution >= 4 is 23.2 Å². The number of nitrogens with one attached hydrogen (secondary N) is 2. The first-order chi connectivity index (χ1) is 8.43. The third-order valence-corrected chi connectivity index (χ3v) is 2.51. The molecule has 4 N–H and O–H groups in total. The van der Waals surface area contributed by atoms with Crippen LogP contribution in [-0.2, 0) is 4.79 Å². The Labute approximate surface area is 111 Å². The van der Waals surface area contributed by atoms with Crippen molar-refractivity contribution in [1.29, 1.82) is 0 Å². The molecule has 0 spiro atoms. The van der Waals surface area contributed by atoms with Gasteiger partial charge in [0.25, 0.3) is 0 Å². The third kappa shape index (κ3) is 5.46. The van der Waals surface area contributed by atoms with Crippen LogP contribution in [-0.4, -0.2) is 41.4 Å². The summed E-state index contributed by atoms with van der Waals surface area (Å²) in [7, 11) is 0. The van der Waals surface area contributed by atoms with Gasteiger partial charge >= 0.3 is 0 Å². The molecule has 0 bridgehead atoms. The summed E-state index contributed by atoms with van der Waals surface area (Å²) < 4.78 is 0. The van der Waals surface area contributed by atoms with Gasteiger partial charge in [-0.25, -0.2) is 0 Å². The second-order valence-electron chi connectivity index (χ2n) is 4.31. The number of hydrogen-bond donors (Lipinski definition) is 4. The SMILES string of the molecule is CC(O)(CO)CNCC(=O)Nc1ccc(Cl)cc1. The molecule has 18 heavy (non-hydrogen) atoms. The number of halogens is 1. The van der Waals surface area contributed by atoms with Crippen LogP contribution in [0.3, 0.4) is 0 Å². The van der Waals surface area contributed by atoms with E-state index in [1.807, 2.05) is 0 Å². The van der Waals surface area contributed by atoms with Crippen LogP contribution in [0.1, 0.15) is 6.92 Å². The molecule has 1 aromatic rings. The summed E-state index contributed by atoms with van der Waals surface area (Å²) in [6.07, 6.45) is 0. The van der Waals surface area contributed by atoms with Gasteiger partial charge in [0.15, 0.2) is 0 Å². The van der Waals surface area contributed by atoms with Crippen molar-refractivity contribution in [2.75, 3.05) is 25.0 Å². The van der Waals surface area contributed by atoms with Crippen LogP contribution < -0.4 is 10.6 Å². The minimum atomic E-state index is -1.22. The molecule has 1 aromatic carbocycles.